The molecule has 0 radical (unpaired) electrons. The zero-order valence-electron chi connectivity index (χ0n) is 12.2. The van der Waals surface area contributed by atoms with E-state index in [0.717, 1.165) is 24.6 Å². The predicted molar refractivity (Wildman–Crippen MR) is 84.4 cm³/mol. The molecule has 0 amide bonds. The molecule has 1 N–H and O–H groups in total. The third-order valence-corrected chi connectivity index (χ3v) is 4.89. The van der Waals surface area contributed by atoms with Crippen LogP contribution in [-0.2, 0) is 0 Å². The van der Waals surface area contributed by atoms with Gasteiger partial charge in [-0.25, -0.2) is 0 Å². The number of nitrogens with one attached hydrogen (secondary N) is 1. The molecule has 1 aromatic carbocycles. The Morgan fingerprint density at radius 3 is 2.71 bits per heavy atom. The number of alkyl halides is 2. The van der Waals surface area contributed by atoms with Gasteiger partial charge in [0.15, 0.2) is 5.17 Å². The minimum absolute atomic E-state index is 0.141. The summed E-state index contributed by atoms with van der Waals surface area (Å²) in [4.78, 5) is 4.47. The Bertz CT molecular complexity index is 492. The van der Waals surface area contributed by atoms with Crippen molar-refractivity contribution in [2.75, 3.05) is 11.9 Å². The number of ether oxygens (including phenoxy) is 1. The van der Waals surface area contributed by atoms with E-state index in [2.05, 4.69) is 28.9 Å². The Morgan fingerprint density at radius 2 is 2.05 bits per heavy atom. The van der Waals surface area contributed by atoms with E-state index in [1.165, 1.54) is 6.07 Å². The summed E-state index contributed by atoms with van der Waals surface area (Å²) < 4.78 is 29.3. The molecule has 0 fully saturated rings. The molecule has 1 unspecified atom stereocenters. The molecule has 0 saturated heterocycles. The van der Waals surface area contributed by atoms with Gasteiger partial charge in [-0.15, -0.1) is 0 Å². The van der Waals surface area contributed by atoms with Crippen molar-refractivity contribution in [1.29, 1.82) is 0 Å². The van der Waals surface area contributed by atoms with Crippen LogP contribution in [0.25, 0.3) is 0 Å². The smallest absolute Gasteiger partial charge is 0.387 e. The Labute approximate surface area is 128 Å². The summed E-state index contributed by atoms with van der Waals surface area (Å²) in [7, 11) is 0. The minimum Gasteiger partial charge on any atom is -0.433 e. The van der Waals surface area contributed by atoms with Gasteiger partial charge in [-0.3, -0.25) is 4.99 Å². The van der Waals surface area contributed by atoms with E-state index in [4.69, 9.17) is 0 Å². The molecule has 0 bridgehead atoms. The van der Waals surface area contributed by atoms with Gasteiger partial charge in [0.05, 0.1) is 12.2 Å². The first-order chi connectivity index (χ1) is 10.1. The first-order valence-electron chi connectivity index (χ1n) is 7.16. The number of rotatable bonds is 6. The van der Waals surface area contributed by atoms with Crippen molar-refractivity contribution in [3.63, 3.8) is 0 Å². The molecule has 116 valence electrons. The van der Waals surface area contributed by atoms with Crippen molar-refractivity contribution in [2.24, 2.45) is 10.9 Å². The van der Waals surface area contributed by atoms with Crippen LogP contribution in [0.2, 0.25) is 0 Å². The van der Waals surface area contributed by atoms with Crippen molar-refractivity contribution < 1.29 is 13.5 Å². The molecule has 2 rings (SSSR count). The van der Waals surface area contributed by atoms with Crippen LogP contribution in [-0.4, -0.2) is 23.6 Å². The molecule has 1 atom stereocenters. The van der Waals surface area contributed by atoms with Crippen LogP contribution >= 0.6 is 11.8 Å². The fourth-order valence-corrected chi connectivity index (χ4v) is 3.73. The largest absolute Gasteiger partial charge is 0.433 e. The number of amidine groups is 1. The second kappa shape index (κ2) is 7.64. The Morgan fingerprint density at radius 1 is 1.33 bits per heavy atom. The van der Waals surface area contributed by atoms with Gasteiger partial charge in [0.2, 0.25) is 0 Å². The highest BCUT2D eigenvalue weighted by Gasteiger charge is 2.26. The molecule has 1 aromatic rings. The predicted octanol–water partition coefficient (Wildman–Crippen LogP) is 4.61. The van der Waals surface area contributed by atoms with E-state index in [1.54, 1.807) is 30.0 Å². The molecule has 0 aromatic heterocycles. The summed E-state index contributed by atoms with van der Waals surface area (Å²) in [6, 6.07) is 6.68. The van der Waals surface area contributed by atoms with Crippen LogP contribution in [0, 0.1) is 5.92 Å². The van der Waals surface area contributed by atoms with Crippen LogP contribution < -0.4 is 10.1 Å². The molecule has 21 heavy (non-hydrogen) atoms. The summed E-state index contributed by atoms with van der Waals surface area (Å²) in [6.07, 6.45) is 2.25. The van der Waals surface area contributed by atoms with Gasteiger partial charge in [0, 0.05) is 5.25 Å². The number of halogens is 2. The van der Waals surface area contributed by atoms with Crippen molar-refractivity contribution in [1.82, 2.24) is 0 Å². The number of nitrogens with zero attached hydrogens (tertiary/aromatic N) is 1. The molecule has 0 saturated carbocycles. The van der Waals surface area contributed by atoms with Gasteiger partial charge in [-0.1, -0.05) is 50.6 Å². The molecule has 1 aliphatic rings. The van der Waals surface area contributed by atoms with Crippen LogP contribution in [0.5, 0.6) is 5.75 Å². The highest BCUT2D eigenvalue weighted by molar-refractivity contribution is 8.15. The van der Waals surface area contributed by atoms with E-state index in [1.807, 2.05) is 0 Å². The Hall–Kier alpha value is -1.30. The van der Waals surface area contributed by atoms with Crippen LogP contribution in [0.3, 0.4) is 0 Å². The topological polar surface area (TPSA) is 33.6 Å². The first-order valence-corrected chi connectivity index (χ1v) is 8.04. The van der Waals surface area contributed by atoms with E-state index < -0.39 is 6.61 Å². The number of aliphatic imine (C=N–C) groups is 1. The van der Waals surface area contributed by atoms with E-state index >= 15 is 0 Å². The zero-order valence-corrected chi connectivity index (χ0v) is 13.0. The molecule has 6 heteroatoms. The lowest BCUT2D eigenvalue weighted by Crippen LogP contribution is -2.17. The Balaban J connectivity index is 2.00. The summed E-state index contributed by atoms with van der Waals surface area (Å²) in [5, 5.41) is 4.34. The standard InChI is InChI=1S/C15H20F2N2OS/c1-3-10(4-2)13-9-18-15(21-13)19-11-7-5-6-8-12(11)20-14(16)17/h5-8,10,13-14H,3-4,9H2,1-2H3,(H,18,19). The second-order valence-electron chi connectivity index (χ2n) is 4.88. The van der Waals surface area contributed by atoms with Crippen molar-refractivity contribution in [3.05, 3.63) is 24.3 Å². The average molecular weight is 314 g/mol. The molecular weight excluding hydrogens is 294 g/mol. The van der Waals surface area contributed by atoms with Crippen LogP contribution in [0.4, 0.5) is 14.5 Å². The molecule has 0 spiro atoms. The zero-order chi connectivity index (χ0) is 15.2. The molecule has 1 heterocycles. The van der Waals surface area contributed by atoms with Crippen molar-refractivity contribution in [2.45, 2.75) is 38.6 Å². The second-order valence-corrected chi connectivity index (χ2v) is 6.11. The SMILES string of the molecule is CCC(CC)C1CN=C(Nc2ccccc2OC(F)F)S1. The van der Waals surface area contributed by atoms with E-state index in [0.29, 0.717) is 16.9 Å². The molecule has 3 nitrogen and oxygen atoms in total. The highest BCUT2D eigenvalue weighted by atomic mass is 32.2. The van der Waals surface area contributed by atoms with E-state index in [9.17, 15) is 8.78 Å². The number of para-hydroxylation sites is 2. The third kappa shape index (κ3) is 4.33. The molecular formula is C15H20F2N2OS. The van der Waals surface area contributed by atoms with Gasteiger partial charge in [0.1, 0.15) is 5.75 Å². The summed E-state index contributed by atoms with van der Waals surface area (Å²) in [6.45, 7) is 2.32. The minimum atomic E-state index is -2.83. The van der Waals surface area contributed by atoms with Gasteiger partial charge in [0.25, 0.3) is 0 Å². The lowest BCUT2D eigenvalue weighted by molar-refractivity contribution is -0.0493. The first kappa shape index (κ1) is 16.1. The van der Waals surface area contributed by atoms with Gasteiger partial charge < -0.3 is 10.1 Å². The molecule has 1 aliphatic heterocycles. The van der Waals surface area contributed by atoms with Gasteiger partial charge in [-0.05, 0) is 18.1 Å². The summed E-state index contributed by atoms with van der Waals surface area (Å²) in [5.74, 6) is 0.771. The lowest BCUT2D eigenvalue weighted by Gasteiger charge is -2.19. The number of thioether (sulfide) groups is 1. The molecule has 0 aliphatic carbocycles. The highest BCUT2D eigenvalue weighted by Crippen LogP contribution is 2.33. The number of hydrogen-bond acceptors (Lipinski definition) is 4. The van der Waals surface area contributed by atoms with Crippen molar-refractivity contribution >= 4 is 22.6 Å². The van der Waals surface area contributed by atoms with Crippen LogP contribution in [0.15, 0.2) is 29.3 Å². The van der Waals surface area contributed by atoms with Crippen molar-refractivity contribution in [3.8, 4) is 5.75 Å². The van der Waals surface area contributed by atoms with Crippen LogP contribution in [0.1, 0.15) is 26.7 Å². The maximum atomic E-state index is 12.4. The fourth-order valence-electron chi connectivity index (χ4n) is 2.40. The maximum absolute atomic E-state index is 12.4. The average Bonchev–Trinajstić information content (AvgIpc) is 2.90. The summed E-state index contributed by atoms with van der Waals surface area (Å²) >= 11 is 1.69. The lowest BCUT2D eigenvalue weighted by atomic mass is 9.99. The van der Waals surface area contributed by atoms with Gasteiger partial charge in [-0.2, -0.15) is 8.78 Å². The number of anilines is 1. The van der Waals surface area contributed by atoms with Gasteiger partial charge >= 0.3 is 6.61 Å². The quantitative estimate of drug-likeness (QED) is 0.832. The number of benzene rings is 1. The maximum Gasteiger partial charge on any atom is 0.387 e. The number of hydrogen-bond donors (Lipinski definition) is 1. The monoisotopic (exact) mass is 314 g/mol. The third-order valence-electron chi connectivity index (χ3n) is 3.60. The Kier molecular flexibility index (Phi) is 5.85. The van der Waals surface area contributed by atoms with E-state index in [-0.39, 0.29) is 5.75 Å². The normalized spacial score (nSPS) is 18.2. The summed E-state index contributed by atoms with van der Waals surface area (Å²) in [5.41, 5.74) is 0.522. The fraction of sp³-hybridized carbons (Fsp3) is 0.533.